The smallest absolute Gasteiger partial charge is 1.00 e. The van der Waals surface area contributed by atoms with Gasteiger partial charge in [-0.3, -0.25) is 0 Å². The van der Waals surface area contributed by atoms with Gasteiger partial charge in [-0.15, -0.1) is 0 Å². The third kappa shape index (κ3) is 5.58. The first-order chi connectivity index (χ1) is 18.3. The summed E-state index contributed by atoms with van der Waals surface area (Å²) in [5.41, 5.74) is 10.1. The minimum absolute atomic E-state index is 0. The number of hydrogen-bond acceptors (Lipinski definition) is 1. The zero-order valence-corrected chi connectivity index (χ0v) is 26.4. The third-order valence-corrected chi connectivity index (χ3v) is 16.1. The van der Waals surface area contributed by atoms with E-state index in [1.165, 1.54) is 39.1 Å². The van der Waals surface area contributed by atoms with Crippen LogP contribution < -0.4 is 29.7 Å². The maximum Gasteiger partial charge on any atom is -1.00 e. The van der Waals surface area contributed by atoms with Crippen LogP contribution in [0.3, 0.4) is 0 Å². The molecule has 1 unspecified atom stereocenters. The van der Waals surface area contributed by atoms with Gasteiger partial charge < -0.3 is 24.8 Å². The van der Waals surface area contributed by atoms with Gasteiger partial charge >= 0.3 is 230 Å². The molecule has 0 N–H and O–H groups in total. The van der Waals surface area contributed by atoms with Crippen LogP contribution in [-0.4, -0.2) is 16.3 Å². The standard InChI is InChI=1S/C17H18N.C13H10.C5H5.2ClH.Zr/c1-3-18(4-2)15-9-10-17-14(12-15)11-13-7-5-6-8-16(13)17;1-3-7-12(8-4-1)11-13-9-5-2-6-10-13;1-2-4-5-3-1;;;/h5-12H,3-4H2,1-2H3;1-10H;1-3H,4H2;2*1H;/q;;;;;+2/p-2. The first-order valence-electron chi connectivity index (χ1n) is 13.5. The van der Waals surface area contributed by atoms with Crippen molar-refractivity contribution in [3.05, 3.63) is 147 Å². The molecule has 6 rings (SSSR count). The molecule has 0 saturated heterocycles. The van der Waals surface area contributed by atoms with Crippen molar-refractivity contribution in [2.75, 3.05) is 18.0 Å². The van der Waals surface area contributed by atoms with Gasteiger partial charge in [-0.25, -0.2) is 0 Å². The maximum absolute atomic E-state index is 2.58. The van der Waals surface area contributed by atoms with Crippen molar-refractivity contribution >= 4 is 8.89 Å². The zero-order valence-electron chi connectivity index (χ0n) is 22.4. The molecule has 4 aromatic carbocycles. The molecule has 0 radical (unpaired) electrons. The van der Waals surface area contributed by atoms with Gasteiger partial charge in [0.2, 0.25) is 0 Å². The Bertz CT molecular complexity index is 1480. The van der Waals surface area contributed by atoms with Crippen molar-refractivity contribution in [3.8, 4) is 11.1 Å². The quantitative estimate of drug-likeness (QED) is 0.304. The normalized spacial score (nSPS) is 14.2. The average Bonchev–Trinajstić information content (AvgIpc) is 3.60. The third-order valence-electron chi connectivity index (χ3n) is 7.84. The van der Waals surface area contributed by atoms with E-state index in [2.05, 4.69) is 140 Å². The fourth-order valence-corrected chi connectivity index (χ4v) is 15.1. The first kappa shape index (κ1) is 29.5. The monoisotopic (exact) mass is 627 g/mol. The van der Waals surface area contributed by atoms with E-state index >= 15 is 0 Å². The second-order valence-electron chi connectivity index (χ2n) is 9.81. The van der Waals surface area contributed by atoms with Gasteiger partial charge in [0.05, 0.1) is 0 Å². The predicted octanol–water partition coefficient (Wildman–Crippen LogP) is 2.34. The number of benzene rings is 4. The molecule has 0 aliphatic heterocycles. The summed E-state index contributed by atoms with van der Waals surface area (Å²) in [5.74, 6) is 0. The topological polar surface area (TPSA) is 3.24 Å². The number of allylic oxidation sites excluding steroid dienone is 4. The summed E-state index contributed by atoms with van der Waals surface area (Å²) in [6.07, 6.45) is 8.19. The van der Waals surface area contributed by atoms with E-state index in [0.29, 0.717) is 3.63 Å². The molecule has 0 bridgehead atoms. The molecule has 0 saturated carbocycles. The van der Waals surface area contributed by atoms with Crippen molar-refractivity contribution in [1.29, 1.82) is 0 Å². The van der Waals surface area contributed by atoms with E-state index in [9.17, 15) is 0 Å². The average molecular weight is 630 g/mol. The van der Waals surface area contributed by atoms with Crippen molar-refractivity contribution in [3.63, 3.8) is 0 Å². The Kier molecular flexibility index (Phi) is 10.0. The first-order valence-corrected chi connectivity index (χ1v) is 17.4. The maximum atomic E-state index is 2.53. The summed E-state index contributed by atoms with van der Waals surface area (Å²) >= 11 is -2.58. The second-order valence-corrected chi connectivity index (χ2v) is 16.1. The Morgan fingerprint density at radius 3 is 1.90 bits per heavy atom. The van der Waals surface area contributed by atoms with Crippen LogP contribution in [0.5, 0.6) is 0 Å². The van der Waals surface area contributed by atoms with Crippen LogP contribution in [-0.2, 0) is 21.3 Å². The number of halogens is 2. The Morgan fingerprint density at radius 1 is 0.718 bits per heavy atom. The van der Waals surface area contributed by atoms with Crippen molar-refractivity contribution in [1.82, 2.24) is 0 Å². The zero-order chi connectivity index (χ0) is 25.2. The van der Waals surface area contributed by atoms with E-state index in [1.807, 2.05) is 0 Å². The number of fused-ring (bicyclic) bond motifs is 3. The summed E-state index contributed by atoms with van der Waals surface area (Å²) in [5, 5.41) is 0. The summed E-state index contributed by atoms with van der Waals surface area (Å²) in [6.45, 7) is 6.57. The summed E-state index contributed by atoms with van der Waals surface area (Å²) in [4.78, 5) is 2.48. The molecule has 39 heavy (non-hydrogen) atoms. The van der Waals surface area contributed by atoms with Gasteiger partial charge in [0.1, 0.15) is 0 Å². The molecular formula is C35H33Cl2NZr. The number of hydrogen-bond donors (Lipinski definition) is 0. The molecule has 0 amide bonds. The van der Waals surface area contributed by atoms with Crippen LogP contribution in [0.2, 0.25) is 0 Å². The molecule has 196 valence electrons. The summed E-state index contributed by atoms with van der Waals surface area (Å²) < 4.78 is 3.75. The Hall–Kier alpha value is -2.51. The Morgan fingerprint density at radius 2 is 1.31 bits per heavy atom. The molecule has 2 aliphatic carbocycles. The van der Waals surface area contributed by atoms with Gasteiger partial charge in [0.25, 0.3) is 0 Å². The molecule has 0 aromatic heterocycles. The van der Waals surface area contributed by atoms with Crippen LogP contribution in [0, 0.1) is 0 Å². The van der Waals surface area contributed by atoms with Crippen LogP contribution >= 0.6 is 0 Å². The Labute approximate surface area is 253 Å². The molecule has 0 spiro atoms. The fourth-order valence-electron chi connectivity index (χ4n) is 6.12. The Balaban J connectivity index is 0.00000176. The number of nitrogens with zero attached hydrogens (tertiary/aromatic N) is 1. The fraction of sp³-hybridized carbons (Fsp3) is 0.171. The second kappa shape index (κ2) is 13.2. The van der Waals surface area contributed by atoms with E-state index < -0.39 is 21.3 Å². The van der Waals surface area contributed by atoms with E-state index in [0.717, 1.165) is 19.5 Å². The molecule has 4 aromatic rings. The minimum atomic E-state index is -2.58. The van der Waals surface area contributed by atoms with Crippen LogP contribution in [0.15, 0.2) is 125 Å². The summed E-state index contributed by atoms with van der Waals surface area (Å²) in [6, 6.07) is 38.9. The molecule has 2 aliphatic rings. The molecular weight excluding hydrogens is 597 g/mol. The van der Waals surface area contributed by atoms with Crippen LogP contribution in [0.1, 0.15) is 46.1 Å². The van der Waals surface area contributed by atoms with Crippen molar-refractivity contribution in [2.24, 2.45) is 0 Å². The molecule has 1 nitrogen and oxygen atoms in total. The van der Waals surface area contributed by atoms with Gasteiger partial charge in [-0.2, -0.15) is 0 Å². The van der Waals surface area contributed by atoms with Crippen LogP contribution in [0.4, 0.5) is 5.69 Å². The van der Waals surface area contributed by atoms with Gasteiger partial charge in [-0.1, -0.05) is 0 Å². The predicted molar refractivity (Wildman–Crippen MR) is 155 cm³/mol. The molecule has 0 heterocycles. The molecule has 4 heteroatoms. The van der Waals surface area contributed by atoms with E-state index in [4.69, 9.17) is 0 Å². The van der Waals surface area contributed by atoms with Crippen molar-refractivity contribution < 1.29 is 46.1 Å². The minimum Gasteiger partial charge on any atom is -1.00 e. The number of rotatable bonds is 7. The van der Waals surface area contributed by atoms with E-state index in [1.54, 1.807) is 6.49 Å². The van der Waals surface area contributed by atoms with Gasteiger partial charge in [0.15, 0.2) is 0 Å². The van der Waals surface area contributed by atoms with Crippen LogP contribution in [0.25, 0.3) is 11.1 Å². The largest absolute Gasteiger partial charge is 1.00 e. The number of anilines is 1. The molecule has 1 atom stereocenters. The SMILES string of the molecule is CCN(CC)c1ccc2c(c1)[CH]([Zr+2]([C]1=CC=CC1)=[C](c1ccccc1)c1ccccc1)c1ccccc1-2.[Cl-].[Cl-]. The summed E-state index contributed by atoms with van der Waals surface area (Å²) in [7, 11) is 0. The molecule has 0 fully saturated rings. The van der Waals surface area contributed by atoms with Gasteiger partial charge in [-0.05, 0) is 0 Å². The van der Waals surface area contributed by atoms with Crippen molar-refractivity contribution in [2.45, 2.75) is 23.9 Å². The van der Waals surface area contributed by atoms with E-state index in [-0.39, 0.29) is 24.8 Å². The van der Waals surface area contributed by atoms with Gasteiger partial charge in [0, 0.05) is 0 Å².